The topological polar surface area (TPSA) is 58.6 Å². The first kappa shape index (κ1) is 17.4. The van der Waals surface area contributed by atoms with Gasteiger partial charge in [-0.25, -0.2) is 8.78 Å². The first-order valence-electron chi connectivity index (χ1n) is 6.77. The Hall–Kier alpha value is -1.69. The largest absolute Gasteiger partial charge is 0.491 e. The summed E-state index contributed by atoms with van der Waals surface area (Å²) in [5.74, 6) is -2.77. The molecule has 2 unspecified atom stereocenters. The SMILES string of the molecule is CC(C)NC(C)(CC(C)Oc1ccc(F)c(F)c1)C(=O)O. The fraction of sp³-hybridized carbons (Fsp3) is 0.533. The molecule has 0 saturated heterocycles. The van der Waals surface area contributed by atoms with E-state index < -0.39 is 29.2 Å². The van der Waals surface area contributed by atoms with E-state index in [0.29, 0.717) is 0 Å². The van der Waals surface area contributed by atoms with Gasteiger partial charge in [0.15, 0.2) is 11.6 Å². The minimum absolute atomic E-state index is 0.0124. The summed E-state index contributed by atoms with van der Waals surface area (Å²) in [5.41, 5.74) is -1.16. The minimum atomic E-state index is -1.16. The molecule has 4 nitrogen and oxygen atoms in total. The van der Waals surface area contributed by atoms with E-state index >= 15 is 0 Å². The van der Waals surface area contributed by atoms with Gasteiger partial charge in [-0.1, -0.05) is 0 Å². The third-order valence-corrected chi connectivity index (χ3v) is 3.00. The Kier molecular flexibility index (Phi) is 5.66. The van der Waals surface area contributed by atoms with Gasteiger partial charge in [0.05, 0.1) is 6.10 Å². The van der Waals surface area contributed by atoms with Gasteiger partial charge in [-0.3, -0.25) is 10.1 Å². The van der Waals surface area contributed by atoms with Gasteiger partial charge in [-0.2, -0.15) is 0 Å². The molecule has 0 spiro atoms. The van der Waals surface area contributed by atoms with Gasteiger partial charge in [0.25, 0.3) is 0 Å². The molecule has 6 heteroatoms. The van der Waals surface area contributed by atoms with Crippen LogP contribution in [0, 0.1) is 11.6 Å². The van der Waals surface area contributed by atoms with E-state index in [4.69, 9.17) is 4.74 Å². The molecule has 21 heavy (non-hydrogen) atoms. The van der Waals surface area contributed by atoms with Crippen LogP contribution in [0.15, 0.2) is 18.2 Å². The van der Waals surface area contributed by atoms with Crippen LogP contribution in [0.4, 0.5) is 8.78 Å². The van der Waals surface area contributed by atoms with Crippen molar-refractivity contribution in [3.63, 3.8) is 0 Å². The number of rotatable bonds is 7. The van der Waals surface area contributed by atoms with Gasteiger partial charge in [0.2, 0.25) is 0 Å². The fourth-order valence-electron chi connectivity index (χ4n) is 2.24. The number of hydrogen-bond acceptors (Lipinski definition) is 3. The van der Waals surface area contributed by atoms with Crippen molar-refractivity contribution in [3.05, 3.63) is 29.8 Å². The molecule has 0 heterocycles. The maximum atomic E-state index is 13.1. The van der Waals surface area contributed by atoms with Gasteiger partial charge >= 0.3 is 5.97 Å². The normalized spacial score (nSPS) is 15.6. The number of aliphatic carboxylic acids is 1. The Balaban J connectivity index is 2.76. The van der Waals surface area contributed by atoms with Crippen LogP contribution >= 0.6 is 0 Å². The summed E-state index contributed by atoms with van der Waals surface area (Å²) in [7, 11) is 0. The summed E-state index contributed by atoms with van der Waals surface area (Å²) in [6.07, 6.45) is -0.304. The van der Waals surface area contributed by atoms with Crippen molar-refractivity contribution in [1.82, 2.24) is 5.32 Å². The molecular formula is C15H21F2NO3. The van der Waals surface area contributed by atoms with Crippen LogP contribution in [0.5, 0.6) is 5.75 Å². The second kappa shape index (κ2) is 6.85. The van der Waals surface area contributed by atoms with Gasteiger partial charge in [-0.05, 0) is 39.8 Å². The summed E-state index contributed by atoms with van der Waals surface area (Å²) < 4.78 is 31.4. The van der Waals surface area contributed by atoms with Gasteiger partial charge in [-0.15, -0.1) is 0 Å². The Labute approximate surface area is 123 Å². The lowest BCUT2D eigenvalue weighted by atomic mass is 9.94. The van der Waals surface area contributed by atoms with Crippen molar-refractivity contribution in [1.29, 1.82) is 0 Å². The average molecular weight is 301 g/mol. The van der Waals surface area contributed by atoms with Gasteiger partial charge < -0.3 is 9.84 Å². The Bertz CT molecular complexity index is 508. The van der Waals surface area contributed by atoms with Gasteiger partial charge in [0.1, 0.15) is 11.3 Å². The molecule has 0 aliphatic carbocycles. The van der Waals surface area contributed by atoms with Crippen LogP contribution in [-0.2, 0) is 4.79 Å². The predicted molar refractivity (Wildman–Crippen MR) is 75.4 cm³/mol. The standard InChI is InChI=1S/C15H21F2NO3/c1-9(2)18-15(4,14(19)20)8-10(3)21-11-5-6-12(16)13(17)7-11/h5-7,9-10,18H,8H2,1-4H3,(H,19,20). The summed E-state index contributed by atoms with van der Waals surface area (Å²) in [5, 5.41) is 12.3. The number of carbonyl (C=O) groups is 1. The summed E-state index contributed by atoms with van der Waals surface area (Å²) in [6.45, 7) is 6.95. The first-order chi connectivity index (χ1) is 9.64. The molecule has 2 atom stereocenters. The van der Waals surface area contributed by atoms with E-state index in [-0.39, 0.29) is 18.2 Å². The second-order valence-corrected chi connectivity index (χ2v) is 5.64. The van der Waals surface area contributed by atoms with E-state index in [1.807, 2.05) is 13.8 Å². The molecule has 0 aromatic heterocycles. The molecule has 1 aromatic carbocycles. The highest BCUT2D eigenvalue weighted by atomic mass is 19.2. The molecule has 1 rings (SSSR count). The van der Waals surface area contributed by atoms with Crippen LogP contribution < -0.4 is 10.1 Å². The zero-order valence-electron chi connectivity index (χ0n) is 12.6. The molecule has 0 saturated carbocycles. The highest BCUT2D eigenvalue weighted by molar-refractivity contribution is 5.78. The highest BCUT2D eigenvalue weighted by Gasteiger charge is 2.35. The number of halogens is 2. The monoisotopic (exact) mass is 301 g/mol. The maximum absolute atomic E-state index is 13.1. The Morgan fingerprint density at radius 2 is 1.95 bits per heavy atom. The fourth-order valence-corrected chi connectivity index (χ4v) is 2.24. The van der Waals surface area contributed by atoms with Crippen LogP contribution in [0.2, 0.25) is 0 Å². The van der Waals surface area contributed by atoms with E-state index in [0.717, 1.165) is 12.1 Å². The molecule has 1 aromatic rings. The number of hydrogen-bond donors (Lipinski definition) is 2. The number of carboxylic acids is 1. The van der Waals surface area contributed by atoms with Crippen molar-refractivity contribution in [2.45, 2.75) is 51.8 Å². The molecule has 0 fully saturated rings. The minimum Gasteiger partial charge on any atom is -0.491 e. The molecule has 0 aliphatic heterocycles. The third-order valence-electron chi connectivity index (χ3n) is 3.00. The van der Waals surface area contributed by atoms with Crippen molar-refractivity contribution in [3.8, 4) is 5.75 Å². The number of nitrogens with one attached hydrogen (secondary N) is 1. The average Bonchev–Trinajstić information content (AvgIpc) is 2.32. The van der Waals surface area contributed by atoms with Crippen molar-refractivity contribution >= 4 is 5.97 Å². The summed E-state index contributed by atoms with van der Waals surface area (Å²) in [6, 6.07) is 3.21. The van der Waals surface area contributed by atoms with Crippen LogP contribution in [-0.4, -0.2) is 28.8 Å². The number of ether oxygens (including phenoxy) is 1. The Morgan fingerprint density at radius 3 is 2.43 bits per heavy atom. The van der Waals surface area contributed by atoms with Crippen LogP contribution in [0.3, 0.4) is 0 Å². The lowest BCUT2D eigenvalue weighted by Gasteiger charge is -2.31. The van der Waals surface area contributed by atoms with E-state index in [1.54, 1.807) is 13.8 Å². The molecule has 118 valence electrons. The van der Waals surface area contributed by atoms with Crippen LogP contribution in [0.25, 0.3) is 0 Å². The number of carboxylic acid groups (broad SMARTS) is 1. The summed E-state index contributed by atoms with van der Waals surface area (Å²) >= 11 is 0. The Morgan fingerprint density at radius 1 is 1.33 bits per heavy atom. The maximum Gasteiger partial charge on any atom is 0.323 e. The zero-order valence-corrected chi connectivity index (χ0v) is 12.6. The molecular weight excluding hydrogens is 280 g/mol. The van der Waals surface area contributed by atoms with Crippen molar-refractivity contribution in [2.24, 2.45) is 0 Å². The molecule has 0 radical (unpaired) electrons. The predicted octanol–water partition coefficient (Wildman–Crippen LogP) is 2.96. The van der Waals surface area contributed by atoms with E-state index in [2.05, 4.69) is 5.32 Å². The van der Waals surface area contributed by atoms with Crippen molar-refractivity contribution < 1.29 is 23.4 Å². The smallest absolute Gasteiger partial charge is 0.323 e. The van der Waals surface area contributed by atoms with Crippen LogP contribution in [0.1, 0.15) is 34.1 Å². The molecule has 0 bridgehead atoms. The van der Waals surface area contributed by atoms with E-state index in [9.17, 15) is 18.7 Å². The first-order valence-corrected chi connectivity index (χ1v) is 6.77. The highest BCUT2D eigenvalue weighted by Crippen LogP contribution is 2.21. The van der Waals surface area contributed by atoms with Crippen molar-refractivity contribution in [2.75, 3.05) is 0 Å². The summed E-state index contributed by atoms with van der Waals surface area (Å²) in [4.78, 5) is 11.4. The molecule has 0 aliphatic rings. The third kappa shape index (κ3) is 4.97. The second-order valence-electron chi connectivity index (χ2n) is 5.64. The zero-order chi connectivity index (χ0) is 16.2. The quantitative estimate of drug-likeness (QED) is 0.813. The molecule has 0 amide bonds. The lowest BCUT2D eigenvalue weighted by Crippen LogP contribution is -2.54. The lowest BCUT2D eigenvalue weighted by molar-refractivity contribution is -0.145. The molecule has 2 N–H and O–H groups in total. The van der Waals surface area contributed by atoms with Gasteiger partial charge in [0, 0.05) is 18.5 Å². The number of benzene rings is 1. The van der Waals surface area contributed by atoms with E-state index in [1.165, 1.54) is 6.07 Å².